The first-order valence-electron chi connectivity index (χ1n) is 9.45. The molecule has 5 rings (SSSR count). The van der Waals surface area contributed by atoms with Crippen molar-refractivity contribution in [1.29, 1.82) is 5.26 Å². The molecule has 152 valence electrons. The predicted molar refractivity (Wildman–Crippen MR) is 112 cm³/mol. The number of ether oxygens (including phenoxy) is 5. The Bertz CT molecular complexity index is 1230. The maximum atomic E-state index is 10.1. The van der Waals surface area contributed by atoms with Gasteiger partial charge < -0.3 is 28.6 Å². The number of hydrogen-bond donors (Lipinski definition) is 0. The molecule has 3 aromatic rings. The molecule has 0 spiro atoms. The molecule has 0 saturated carbocycles. The third-order valence-electron chi connectivity index (χ3n) is 5.78. The smallest absolute Gasteiger partial charge is 0.231 e. The summed E-state index contributed by atoms with van der Waals surface area (Å²) in [5, 5.41) is 12.0. The largest absolute Gasteiger partial charge is 0.496 e. The number of fused-ring (bicyclic) bond motifs is 6. The number of nitriles is 1. The van der Waals surface area contributed by atoms with Crippen molar-refractivity contribution in [2.24, 2.45) is 0 Å². The third kappa shape index (κ3) is 2.31. The van der Waals surface area contributed by atoms with Crippen LogP contribution < -0.4 is 28.6 Å². The number of rotatable bonds is 3. The summed E-state index contributed by atoms with van der Waals surface area (Å²) in [6.45, 7) is 0.196. The molecule has 0 N–H and O–H groups in total. The van der Waals surface area contributed by atoms with Gasteiger partial charge >= 0.3 is 0 Å². The molecule has 7 heteroatoms. The van der Waals surface area contributed by atoms with E-state index in [0.29, 0.717) is 28.7 Å². The summed E-state index contributed by atoms with van der Waals surface area (Å²) in [4.78, 5) is 1.95. The fourth-order valence-corrected chi connectivity index (χ4v) is 4.45. The SMILES string of the molecule is COc1ccc2c(c1OC)C(C#N)N(C)c1c-2c(OC)cc2cc3c(cc12)OCO3. The second kappa shape index (κ2) is 6.63. The van der Waals surface area contributed by atoms with Gasteiger partial charge in [0.05, 0.1) is 33.1 Å². The van der Waals surface area contributed by atoms with Gasteiger partial charge in [-0.15, -0.1) is 0 Å². The summed E-state index contributed by atoms with van der Waals surface area (Å²) < 4.78 is 28.1. The van der Waals surface area contributed by atoms with Gasteiger partial charge in [-0.2, -0.15) is 5.26 Å². The molecule has 1 atom stereocenters. The maximum absolute atomic E-state index is 10.1. The highest BCUT2D eigenvalue weighted by Gasteiger charge is 2.36. The van der Waals surface area contributed by atoms with Gasteiger partial charge in [-0.05, 0) is 41.3 Å². The van der Waals surface area contributed by atoms with Crippen LogP contribution in [-0.2, 0) is 0 Å². The lowest BCUT2D eigenvalue weighted by molar-refractivity contribution is 0.174. The summed E-state index contributed by atoms with van der Waals surface area (Å²) in [6, 6.07) is 11.6. The number of nitrogens with zero attached hydrogens (tertiary/aromatic N) is 2. The van der Waals surface area contributed by atoms with E-state index >= 15 is 0 Å². The first kappa shape index (κ1) is 18.3. The van der Waals surface area contributed by atoms with Crippen molar-refractivity contribution in [2.45, 2.75) is 6.04 Å². The zero-order valence-corrected chi connectivity index (χ0v) is 17.1. The Kier molecular flexibility index (Phi) is 4.03. The molecule has 2 heterocycles. The summed E-state index contributed by atoms with van der Waals surface area (Å²) >= 11 is 0. The van der Waals surface area contributed by atoms with Crippen LogP contribution in [-0.4, -0.2) is 35.2 Å². The zero-order valence-electron chi connectivity index (χ0n) is 17.1. The monoisotopic (exact) mass is 404 g/mol. The molecule has 1 unspecified atom stereocenters. The highest BCUT2D eigenvalue weighted by atomic mass is 16.7. The van der Waals surface area contributed by atoms with Crippen molar-refractivity contribution in [3.05, 3.63) is 35.9 Å². The van der Waals surface area contributed by atoms with E-state index in [-0.39, 0.29) is 6.79 Å². The fraction of sp³-hybridized carbons (Fsp3) is 0.261. The lowest BCUT2D eigenvalue weighted by Crippen LogP contribution is -2.28. The van der Waals surface area contributed by atoms with Crippen LogP contribution in [0.15, 0.2) is 30.3 Å². The molecule has 0 fully saturated rings. The van der Waals surface area contributed by atoms with Gasteiger partial charge in [-0.25, -0.2) is 0 Å². The molecule has 0 radical (unpaired) electrons. The highest BCUT2D eigenvalue weighted by Crippen LogP contribution is 2.56. The van der Waals surface area contributed by atoms with Crippen LogP contribution in [0.1, 0.15) is 11.6 Å². The molecular weight excluding hydrogens is 384 g/mol. The number of methoxy groups -OCH3 is 3. The van der Waals surface area contributed by atoms with Crippen molar-refractivity contribution in [3.8, 4) is 45.9 Å². The Morgan fingerprint density at radius 3 is 2.40 bits per heavy atom. The van der Waals surface area contributed by atoms with Crippen molar-refractivity contribution < 1.29 is 23.7 Å². The number of benzene rings is 3. The number of anilines is 1. The van der Waals surface area contributed by atoms with E-state index < -0.39 is 6.04 Å². The van der Waals surface area contributed by atoms with E-state index in [1.807, 2.05) is 42.3 Å². The quantitative estimate of drug-likeness (QED) is 0.645. The minimum atomic E-state index is -0.571. The van der Waals surface area contributed by atoms with Gasteiger partial charge in [-0.1, -0.05) is 0 Å². The average Bonchev–Trinajstić information content (AvgIpc) is 3.23. The van der Waals surface area contributed by atoms with Crippen molar-refractivity contribution in [1.82, 2.24) is 0 Å². The lowest BCUT2D eigenvalue weighted by Gasteiger charge is -2.36. The minimum absolute atomic E-state index is 0.196. The van der Waals surface area contributed by atoms with Crippen LogP contribution in [0.25, 0.3) is 21.9 Å². The molecule has 7 nitrogen and oxygen atoms in total. The van der Waals surface area contributed by atoms with Crippen molar-refractivity contribution >= 4 is 16.5 Å². The van der Waals surface area contributed by atoms with Gasteiger partial charge in [0.15, 0.2) is 23.0 Å². The maximum Gasteiger partial charge on any atom is 0.231 e. The second-order valence-corrected chi connectivity index (χ2v) is 7.13. The first-order chi connectivity index (χ1) is 14.6. The Labute approximate surface area is 173 Å². The number of hydrogen-bond acceptors (Lipinski definition) is 7. The minimum Gasteiger partial charge on any atom is -0.496 e. The third-order valence-corrected chi connectivity index (χ3v) is 5.78. The second-order valence-electron chi connectivity index (χ2n) is 7.13. The van der Waals surface area contributed by atoms with Crippen LogP contribution in [0.2, 0.25) is 0 Å². The van der Waals surface area contributed by atoms with E-state index in [1.54, 1.807) is 21.3 Å². The predicted octanol–water partition coefficient (Wildman–Crippen LogP) is 4.28. The Balaban J connectivity index is 1.92. The Morgan fingerprint density at radius 2 is 1.73 bits per heavy atom. The molecule has 0 saturated heterocycles. The summed E-state index contributed by atoms with van der Waals surface area (Å²) in [6.07, 6.45) is 0. The molecule has 30 heavy (non-hydrogen) atoms. The Hall–Kier alpha value is -3.79. The summed E-state index contributed by atoms with van der Waals surface area (Å²) in [5.74, 6) is 3.22. The lowest BCUT2D eigenvalue weighted by atomic mass is 9.85. The van der Waals surface area contributed by atoms with Gasteiger partial charge in [0.1, 0.15) is 11.8 Å². The van der Waals surface area contributed by atoms with E-state index in [0.717, 1.165) is 33.2 Å². The van der Waals surface area contributed by atoms with Gasteiger partial charge in [-0.3, -0.25) is 0 Å². The van der Waals surface area contributed by atoms with Gasteiger partial charge in [0.25, 0.3) is 0 Å². The topological polar surface area (TPSA) is 73.2 Å². The molecule has 3 aromatic carbocycles. The molecule has 0 amide bonds. The van der Waals surface area contributed by atoms with E-state index in [9.17, 15) is 5.26 Å². The molecule has 0 bridgehead atoms. The van der Waals surface area contributed by atoms with Crippen LogP contribution in [0.5, 0.6) is 28.7 Å². The van der Waals surface area contributed by atoms with E-state index in [2.05, 4.69) is 6.07 Å². The fourth-order valence-electron chi connectivity index (χ4n) is 4.45. The molecule has 2 aliphatic heterocycles. The van der Waals surface area contributed by atoms with Crippen LogP contribution in [0, 0.1) is 11.3 Å². The highest BCUT2D eigenvalue weighted by molar-refractivity contribution is 6.08. The van der Waals surface area contributed by atoms with Gasteiger partial charge in [0.2, 0.25) is 6.79 Å². The molecule has 0 aliphatic carbocycles. The van der Waals surface area contributed by atoms with E-state index in [1.165, 1.54) is 0 Å². The normalized spacial score (nSPS) is 16.0. The van der Waals surface area contributed by atoms with Crippen LogP contribution >= 0.6 is 0 Å². The van der Waals surface area contributed by atoms with E-state index in [4.69, 9.17) is 23.7 Å². The average molecular weight is 404 g/mol. The molecule has 0 aromatic heterocycles. The van der Waals surface area contributed by atoms with Crippen LogP contribution in [0.3, 0.4) is 0 Å². The van der Waals surface area contributed by atoms with Crippen molar-refractivity contribution in [2.75, 3.05) is 40.1 Å². The molecular formula is C23H20N2O5. The van der Waals surface area contributed by atoms with Gasteiger partial charge in [0, 0.05) is 23.6 Å². The standard InChI is InChI=1S/C23H20N2O5/c1-25-15(10-24)20-13(5-6-16(26-2)23(20)28-4)21-19(27-3)8-12-7-17-18(30-11-29-17)9-14(12)22(21)25/h5-9,15H,11H2,1-4H3. The molecule has 2 aliphatic rings. The summed E-state index contributed by atoms with van der Waals surface area (Å²) in [7, 11) is 6.71. The van der Waals surface area contributed by atoms with Crippen LogP contribution in [0.4, 0.5) is 5.69 Å². The van der Waals surface area contributed by atoms with Crippen molar-refractivity contribution in [3.63, 3.8) is 0 Å². The summed E-state index contributed by atoms with van der Waals surface area (Å²) in [5.41, 5.74) is 3.43. The first-order valence-corrected chi connectivity index (χ1v) is 9.45. The zero-order chi connectivity index (χ0) is 21.0. The Morgan fingerprint density at radius 1 is 1.00 bits per heavy atom.